The van der Waals surface area contributed by atoms with E-state index in [1.54, 1.807) is 12.1 Å². The Morgan fingerprint density at radius 1 is 1.25 bits per heavy atom. The number of ketones is 1. The summed E-state index contributed by atoms with van der Waals surface area (Å²) in [5.41, 5.74) is 0.837. The van der Waals surface area contributed by atoms with Gasteiger partial charge in [0.1, 0.15) is 5.78 Å². The molecular formula is C11H13NO3S. The van der Waals surface area contributed by atoms with E-state index in [1.165, 1.54) is 12.1 Å². The molecule has 1 aliphatic rings. The molecule has 2 rings (SSSR count). The third-order valence-electron chi connectivity index (χ3n) is 2.66. The first-order chi connectivity index (χ1) is 7.47. The molecule has 0 aromatic heterocycles. The summed E-state index contributed by atoms with van der Waals surface area (Å²) < 4.78 is 22.0. The van der Waals surface area contributed by atoms with Gasteiger partial charge >= 0.3 is 0 Å². The SMILES string of the molecule is NS(=O)(=O)c1ccc(CC(=O)C2CC2)cc1. The summed E-state index contributed by atoms with van der Waals surface area (Å²) in [6.45, 7) is 0. The number of sulfonamides is 1. The van der Waals surface area contributed by atoms with Crippen LogP contribution in [0, 0.1) is 5.92 Å². The lowest BCUT2D eigenvalue weighted by atomic mass is 10.1. The van der Waals surface area contributed by atoms with Crippen molar-refractivity contribution in [1.82, 2.24) is 0 Å². The predicted octanol–water partition coefficient (Wildman–Crippen LogP) is 0.856. The monoisotopic (exact) mass is 239 g/mol. The van der Waals surface area contributed by atoms with E-state index in [1.807, 2.05) is 0 Å². The van der Waals surface area contributed by atoms with Crippen LogP contribution < -0.4 is 5.14 Å². The number of Topliss-reactive ketones (excluding diaryl/α,β-unsaturated/α-hetero) is 1. The highest BCUT2D eigenvalue weighted by Gasteiger charge is 2.29. The van der Waals surface area contributed by atoms with Crippen molar-refractivity contribution < 1.29 is 13.2 Å². The molecule has 1 aliphatic carbocycles. The first kappa shape index (κ1) is 11.3. The van der Waals surface area contributed by atoms with E-state index in [9.17, 15) is 13.2 Å². The number of nitrogens with two attached hydrogens (primary N) is 1. The number of rotatable bonds is 4. The summed E-state index contributed by atoms with van der Waals surface area (Å²) in [5.74, 6) is 0.473. The Balaban J connectivity index is 2.10. The quantitative estimate of drug-likeness (QED) is 0.846. The van der Waals surface area contributed by atoms with Crippen molar-refractivity contribution in [3.05, 3.63) is 29.8 Å². The van der Waals surface area contributed by atoms with Gasteiger partial charge in [-0.1, -0.05) is 12.1 Å². The molecule has 5 heteroatoms. The van der Waals surface area contributed by atoms with Crippen LogP contribution in [0.25, 0.3) is 0 Å². The lowest BCUT2D eigenvalue weighted by Gasteiger charge is -2.01. The smallest absolute Gasteiger partial charge is 0.238 e. The molecule has 0 amide bonds. The number of hydrogen-bond acceptors (Lipinski definition) is 3. The topological polar surface area (TPSA) is 77.2 Å². The molecule has 86 valence electrons. The second kappa shape index (κ2) is 3.99. The molecule has 0 bridgehead atoms. The molecule has 16 heavy (non-hydrogen) atoms. The van der Waals surface area contributed by atoms with Crippen molar-refractivity contribution in [2.75, 3.05) is 0 Å². The van der Waals surface area contributed by atoms with Crippen molar-refractivity contribution >= 4 is 15.8 Å². The maximum absolute atomic E-state index is 11.5. The van der Waals surface area contributed by atoms with E-state index in [0.717, 1.165) is 18.4 Å². The van der Waals surface area contributed by atoms with Crippen LogP contribution in [-0.2, 0) is 21.2 Å². The number of carbonyl (C=O) groups is 1. The first-order valence-corrected chi connectivity index (χ1v) is 6.66. The van der Waals surface area contributed by atoms with Crippen molar-refractivity contribution in [3.8, 4) is 0 Å². The van der Waals surface area contributed by atoms with Crippen molar-refractivity contribution in [2.45, 2.75) is 24.2 Å². The highest BCUT2D eigenvalue weighted by molar-refractivity contribution is 7.89. The zero-order valence-corrected chi connectivity index (χ0v) is 9.53. The lowest BCUT2D eigenvalue weighted by molar-refractivity contribution is -0.119. The van der Waals surface area contributed by atoms with E-state index in [0.29, 0.717) is 6.42 Å². The Bertz CT molecular complexity index is 501. The van der Waals surface area contributed by atoms with Crippen LogP contribution in [0.15, 0.2) is 29.2 Å². The molecular weight excluding hydrogens is 226 g/mol. The molecule has 1 aromatic rings. The van der Waals surface area contributed by atoms with E-state index < -0.39 is 10.0 Å². The molecule has 1 aromatic carbocycles. The van der Waals surface area contributed by atoms with Crippen LogP contribution in [0.3, 0.4) is 0 Å². The van der Waals surface area contributed by atoms with Crippen LogP contribution in [0.5, 0.6) is 0 Å². The fraction of sp³-hybridized carbons (Fsp3) is 0.364. The molecule has 1 fully saturated rings. The van der Waals surface area contributed by atoms with Crippen LogP contribution in [0.4, 0.5) is 0 Å². The third-order valence-corrected chi connectivity index (χ3v) is 3.59. The minimum absolute atomic E-state index is 0.0788. The normalized spacial score (nSPS) is 16.1. The summed E-state index contributed by atoms with van der Waals surface area (Å²) in [6.07, 6.45) is 2.37. The molecule has 1 saturated carbocycles. The summed E-state index contributed by atoms with van der Waals surface area (Å²) in [7, 11) is -3.64. The summed E-state index contributed by atoms with van der Waals surface area (Å²) in [5, 5.41) is 4.97. The Hall–Kier alpha value is -1.20. The fourth-order valence-corrected chi connectivity index (χ4v) is 2.06. The average molecular weight is 239 g/mol. The van der Waals surface area contributed by atoms with Gasteiger partial charge in [0.15, 0.2) is 0 Å². The average Bonchev–Trinajstić information content (AvgIpc) is 3.00. The van der Waals surface area contributed by atoms with Gasteiger partial charge < -0.3 is 0 Å². The Kier molecular flexibility index (Phi) is 2.82. The highest BCUT2D eigenvalue weighted by atomic mass is 32.2. The third kappa shape index (κ3) is 2.68. The van der Waals surface area contributed by atoms with E-state index in [2.05, 4.69) is 0 Å². The van der Waals surface area contributed by atoms with Crippen LogP contribution in [-0.4, -0.2) is 14.2 Å². The zero-order valence-electron chi connectivity index (χ0n) is 8.72. The van der Waals surface area contributed by atoms with Gasteiger partial charge in [-0.3, -0.25) is 4.79 Å². The Morgan fingerprint density at radius 2 is 1.81 bits per heavy atom. The molecule has 0 atom stereocenters. The van der Waals surface area contributed by atoms with Crippen LogP contribution in [0.2, 0.25) is 0 Å². The van der Waals surface area contributed by atoms with Gasteiger partial charge in [0.2, 0.25) is 10.0 Å². The highest BCUT2D eigenvalue weighted by Crippen LogP contribution is 2.30. The van der Waals surface area contributed by atoms with Gasteiger partial charge in [-0.05, 0) is 30.5 Å². The van der Waals surface area contributed by atoms with Gasteiger partial charge in [-0.25, -0.2) is 13.6 Å². The number of primary sulfonamides is 1. The fourth-order valence-electron chi connectivity index (χ4n) is 1.55. The predicted molar refractivity (Wildman–Crippen MR) is 59.3 cm³/mol. The zero-order chi connectivity index (χ0) is 11.8. The molecule has 4 nitrogen and oxygen atoms in total. The molecule has 0 spiro atoms. The summed E-state index contributed by atoms with van der Waals surface area (Å²) in [4.78, 5) is 11.6. The Morgan fingerprint density at radius 3 is 2.25 bits per heavy atom. The summed E-state index contributed by atoms with van der Waals surface area (Å²) in [6, 6.07) is 6.15. The van der Waals surface area contributed by atoms with Gasteiger partial charge in [-0.2, -0.15) is 0 Å². The van der Waals surface area contributed by atoms with Crippen LogP contribution >= 0.6 is 0 Å². The van der Waals surface area contributed by atoms with Crippen molar-refractivity contribution in [2.24, 2.45) is 11.1 Å². The summed E-state index contributed by atoms with van der Waals surface area (Å²) >= 11 is 0. The van der Waals surface area contributed by atoms with Gasteiger partial charge in [0.25, 0.3) is 0 Å². The molecule has 0 unspecified atom stereocenters. The van der Waals surface area contributed by atoms with E-state index in [-0.39, 0.29) is 16.6 Å². The van der Waals surface area contributed by atoms with E-state index in [4.69, 9.17) is 5.14 Å². The maximum atomic E-state index is 11.5. The van der Waals surface area contributed by atoms with Gasteiger partial charge in [0, 0.05) is 12.3 Å². The van der Waals surface area contributed by atoms with Gasteiger partial charge in [-0.15, -0.1) is 0 Å². The first-order valence-electron chi connectivity index (χ1n) is 5.11. The largest absolute Gasteiger partial charge is 0.299 e. The van der Waals surface area contributed by atoms with Gasteiger partial charge in [0.05, 0.1) is 4.90 Å². The maximum Gasteiger partial charge on any atom is 0.238 e. The number of carbonyl (C=O) groups excluding carboxylic acids is 1. The van der Waals surface area contributed by atoms with Crippen LogP contribution in [0.1, 0.15) is 18.4 Å². The second-order valence-corrected chi connectivity index (χ2v) is 5.67. The number of benzene rings is 1. The lowest BCUT2D eigenvalue weighted by Crippen LogP contribution is -2.12. The van der Waals surface area contributed by atoms with Crippen molar-refractivity contribution in [1.29, 1.82) is 0 Å². The molecule has 0 radical (unpaired) electrons. The minimum Gasteiger partial charge on any atom is -0.299 e. The minimum atomic E-state index is -3.64. The standard InChI is InChI=1S/C11H13NO3S/c12-16(14,15)10-5-1-8(2-6-10)7-11(13)9-3-4-9/h1-2,5-6,9H,3-4,7H2,(H2,12,14,15). The molecule has 2 N–H and O–H groups in total. The van der Waals surface area contributed by atoms with E-state index >= 15 is 0 Å². The molecule has 0 aliphatic heterocycles. The molecule has 0 heterocycles. The second-order valence-electron chi connectivity index (χ2n) is 4.11. The molecule has 0 saturated heterocycles. The number of hydrogen-bond donors (Lipinski definition) is 1. The van der Waals surface area contributed by atoms with Crippen molar-refractivity contribution in [3.63, 3.8) is 0 Å². The Labute approximate surface area is 94.5 Å².